The predicted molar refractivity (Wildman–Crippen MR) is 117 cm³/mol. The molecule has 2 amide bonds. The third-order valence-corrected chi connectivity index (χ3v) is 6.18. The van der Waals surface area contributed by atoms with Crippen LogP contribution in [-0.2, 0) is 19.1 Å². The average molecular weight is 492 g/mol. The highest BCUT2D eigenvalue weighted by atomic mass is 19.4. The number of nitrogens with one attached hydrogen (secondary N) is 2. The van der Waals surface area contributed by atoms with Crippen LogP contribution in [0, 0.1) is 0 Å². The first-order valence-corrected chi connectivity index (χ1v) is 10.9. The monoisotopic (exact) mass is 492 g/mol. The molecule has 1 saturated heterocycles. The fraction of sp³-hybridized carbons (Fsp3) is 0.375. The number of alkyl halides is 3. The summed E-state index contributed by atoms with van der Waals surface area (Å²) in [5.41, 5.74) is 2.27. The van der Waals surface area contributed by atoms with Gasteiger partial charge in [0.25, 0.3) is 0 Å². The van der Waals surface area contributed by atoms with Gasteiger partial charge in [0.05, 0.1) is 13.0 Å². The highest BCUT2D eigenvalue weighted by Gasteiger charge is 2.47. The number of aliphatic carboxylic acids is 1. The molecule has 2 aromatic carbocycles. The lowest BCUT2D eigenvalue weighted by Gasteiger charge is -2.29. The van der Waals surface area contributed by atoms with Gasteiger partial charge in [-0.05, 0) is 22.3 Å². The second-order valence-corrected chi connectivity index (χ2v) is 8.52. The van der Waals surface area contributed by atoms with E-state index in [-0.39, 0.29) is 32.2 Å². The molecule has 1 aliphatic heterocycles. The maximum atomic E-state index is 12.8. The molecule has 1 fully saturated rings. The van der Waals surface area contributed by atoms with E-state index in [1.807, 2.05) is 53.8 Å². The Balaban J connectivity index is 1.44. The zero-order valence-electron chi connectivity index (χ0n) is 18.4. The van der Waals surface area contributed by atoms with Gasteiger partial charge in [-0.25, -0.2) is 9.59 Å². The number of hydrogen-bond donors (Lipinski definition) is 3. The first-order chi connectivity index (χ1) is 16.6. The summed E-state index contributed by atoms with van der Waals surface area (Å²) in [5.74, 6) is -3.16. The molecule has 4 rings (SSSR count). The lowest BCUT2D eigenvalue weighted by atomic mass is 9.96. The zero-order chi connectivity index (χ0) is 25.2. The van der Waals surface area contributed by atoms with E-state index >= 15 is 0 Å². The van der Waals surface area contributed by atoms with E-state index in [9.17, 15) is 27.6 Å². The molecule has 11 heteroatoms. The maximum Gasteiger partial charge on any atom is 0.408 e. The Bertz CT molecular complexity index is 1080. The Morgan fingerprint density at radius 3 is 2.20 bits per heavy atom. The van der Waals surface area contributed by atoms with E-state index in [1.165, 1.54) is 0 Å². The Labute approximate surface area is 198 Å². The van der Waals surface area contributed by atoms with Crippen molar-refractivity contribution in [3.8, 4) is 11.1 Å². The van der Waals surface area contributed by atoms with Crippen LogP contribution in [0.15, 0.2) is 48.5 Å². The number of ether oxygens (including phenoxy) is 2. The summed E-state index contributed by atoms with van der Waals surface area (Å²) in [4.78, 5) is 36.7. The molecule has 0 spiro atoms. The van der Waals surface area contributed by atoms with Crippen LogP contribution in [0.25, 0.3) is 11.1 Å². The number of fused-ring (bicyclic) bond motifs is 3. The van der Waals surface area contributed by atoms with E-state index in [0.29, 0.717) is 0 Å². The van der Waals surface area contributed by atoms with Crippen molar-refractivity contribution in [3.63, 3.8) is 0 Å². The SMILES string of the molecule is O=C(NC1(C(=O)NC(CC(F)(F)F)C(=O)O)CCOC1)OCC1c2ccccc2-c2ccccc21. The number of rotatable bonds is 7. The van der Waals surface area contributed by atoms with Crippen molar-refractivity contribution in [3.05, 3.63) is 59.7 Å². The molecule has 2 aromatic rings. The van der Waals surface area contributed by atoms with Gasteiger partial charge < -0.3 is 25.2 Å². The van der Waals surface area contributed by atoms with Crippen LogP contribution in [0.1, 0.15) is 29.9 Å². The van der Waals surface area contributed by atoms with Crippen molar-refractivity contribution in [1.29, 1.82) is 0 Å². The summed E-state index contributed by atoms with van der Waals surface area (Å²) in [5, 5.41) is 13.4. The van der Waals surface area contributed by atoms with E-state index in [1.54, 1.807) is 0 Å². The highest BCUT2D eigenvalue weighted by Crippen LogP contribution is 2.44. The second kappa shape index (κ2) is 9.57. The fourth-order valence-electron chi connectivity index (χ4n) is 4.46. The van der Waals surface area contributed by atoms with Crippen molar-refractivity contribution in [2.45, 2.75) is 36.5 Å². The number of amides is 2. The van der Waals surface area contributed by atoms with Crippen molar-refractivity contribution >= 4 is 18.0 Å². The summed E-state index contributed by atoms with van der Waals surface area (Å²) in [6.45, 7) is -0.320. The number of carboxylic acid groups (broad SMARTS) is 1. The molecule has 0 radical (unpaired) electrons. The van der Waals surface area contributed by atoms with E-state index in [2.05, 4.69) is 5.32 Å². The van der Waals surface area contributed by atoms with Crippen molar-refractivity contribution in [1.82, 2.24) is 10.6 Å². The summed E-state index contributed by atoms with van der Waals surface area (Å²) in [6.07, 6.45) is -7.58. The standard InChI is InChI=1S/C24H23F3N2O6/c25-24(26,27)11-19(20(30)31)28-21(32)23(9-10-34-13-23)29-22(33)35-12-18-16-7-3-1-5-14(16)15-6-2-4-8-17(15)18/h1-8,18-19H,9-13H2,(H,28,32)(H,29,33)(H,30,31). The molecular formula is C24H23F3N2O6. The predicted octanol–water partition coefficient (Wildman–Crippen LogP) is 3.21. The number of alkyl carbamates (subject to hydrolysis) is 1. The van der Waals surface area contributed by atoms with Crippen molar-refractivity contribution in [2.75, 3.05) is 19.8 Å². The van der Waals surface area contributed by atoms with E-state index in [0.717, 1.165) is 22.3 Å². The van der Waals surface area contributed by atoms with Gasteiger partial charge in [0, 0.05) is 18.9 Å². The fourth-order valence-corrected chi connectivity index (χ4v) is 4.46. The minimum absolute atomic E-state index is 0.0375. The molecule has 8 nitrogen and oxygen atoms in total. The Kier molecular flexibility index (Phi) is 6.70. The average Bonchev–Trinajstić information content (AvgIpc) is 3.40. The summed E-state index contributed by atoms with van der Waals surface area (Å²) in [6, 6.07) is 13.2. The Hall–Kier alpha value is -3.60. The van der Waals surface area contributed by atoms with Crippen LogP contribution in [-0.4, -0.2) is 60.7 Å². The molecular weight excluding hydrogens is 469 g/mol. The first kappa shape index (κ1) is 24.5. The molecule has 0 bridgehead atoms. The zero-order valence-corrected chi connectivity index (χ0v) is 18.4. The number of benzene rings is 2. The molecule has 186 valence electrons. The number of hydrogen-bond acceptors (Lipinski definition) is 5. The quantitative estimate of drug-likeness (QED) is 0.547. The number of carboxylic acids is 1. The molecule has 0 aromatic heterocycles. The van der Waals surface area contributed by atoms with Gasteiger partial charge in [0.2, 0.25) is 5.91 Å². The van der Waals surface area contributed by atoms with Gasteiger partial charge in [-0.3, -0.25) is 4.79 Å². The maximum absolute atomic E-state index is 12.8. The van der Waals surface area contributed by atoms with Gasteiger partial charge in [-0.2, -0.15) is 13.2 Å². The Morgan fingerprint density at radius 1 is 1.09 bits per heavy atom. The van der Waals surface area contributed by atoms with E-state index in [4.69, 9.17) is 14.6 Å². The molecule has 35 heavy (non-hydrogen) atoms. The number of carbonyl (C=O) groups excluding carboxylic acids is 2. The summed E-state index contributed by atoms with van der Waals surface area (Å²) < 4.78 is 48.8. The van der Waals surface area contributed by atoms with Gasteiger partial charge in [0.1, 0.15) is 18.2 Å². The lowest BCUT2D eigenvalue weighted by Crippen LogP contribution is -2.62. The van der Waals surface area contributed by atoms with Gasteiger partial charge in [-0.15, -0.1) is 0 Å². The van der Waals surface area contributed by atoms with E-state index < -0.39 is 42.1 Å². The summed E-state index contributed by atoms with van der Waals surface area (Å²) >= 11 is 0. The minimum Gasteiger partial charge on any atom is -0.480 e. The number of halogens is 3. The number of carbonyl (C=O) groups is 3. The molecule has 3 N–H and O–H groups in total. The summed E-state index contributed by atoms with van der Waals surface area (Å²) in [7, 11) is 0. The van der Waals surface area contributed by atoms with Crippen LogP contribution >= 0.6 is 0 Å². The molecule has 1 heterocycles. The van der Waals surface area contributed by atoms with Gasteiger partial charge in [-0.1, -0.05) is 48.5 Å². The van der Waals surface area contributed by atoms with Crippen molar-refractivity contribution in [2.24, 2.45) is 0 Å². The van der Waals surface area contributed by atoms with Crippen LogP contribution in [0.2, 0.25) is 0 Å². The van der Waals surface area contributed by atoms with Crippen LogP contribution in [0.5, 0.6) is 0 Å². The van der Waals surface area contributed by atoms with Crippen LogP contribution < -0.4 is 10.6 Å². The minimum atomic E-state index is -4.81. The second-order valence-electron chi connectivity index (χ2n) is 8.52. The molecule has 1 aliphatic carbocycles. The molecule has 2 atom stereocenters. The third-order valence-electron chi connectivity index (χ3n) is 6.18. The van der Waals surface area contributed by atoms with Gasteiger partial charge in [0.15, 0.2) is 0 Å². The highest BCUT2D eigenvalue weighted by molar-refractivity contribution is 5.93. The molecule has 2 unspecified atom stereocenters. The normalized spacial score (nSPS) is 20.0. The Morgan fingerprint density at radius 2 is 1.69 bits per heavy atom. The topological polar surface area (TPSA) is 114 Å². The third kappa shape index (κ3) is 5.24. The van der Waals surface area contributed by atoms with Crippen LogP contribution in [0.3, 0.4) is 0 Å². The van der Waals surface area contributed by atoms with Crippen molar-refractivity contribution < 1.29 is 42.1 Å². The molecule has 0 saturated carbocycles. The lowest BCUT2D eigenvalue weighted by molar-refractivity contribution is -0.160. The smallest absolute Gasteiger partial charge is 0.408 e. The first-order valence-electron chi connectivity index (χ1n) is 10.9. The van der Waals surface area contributed by atoms with Gasteiger partial charge >= 0.3 is 18.2 Å². The molecule has 2 aliphatic rings. The van der Waals surface area contributed by atoms with Crippen LogP contribution in [0.4, 0.5) is 18.0 Å². The largest absolute Gasteiger partial charge is 0.480 e.